The van der Waals surface area contributed by atoms with E-state index in [0.29, 0.717) is 27.9 Å². The Labute approximate surface area is 149 Å². The molecule has 0 atom stereocenters. The first-order chi connectivity index (χ1) is 12.2. The van der Waals surface area contributed by atoms with Gasteiger partial charge in [-0.05, 0) is 37.1 Å². The number of pyridine rings is 1. The predicted molar refractivity (Wildman–Crippen MR) is 91.9 cm³/mol. The molecule has 0 unspecified atom stereocenters. The van der Waals surface area contributed by atoms with E-state index in [0.717, 1.165) is 12.8 Å². The van der Waals surface area contributed by atoms with Crippen LogP contribution in [0.5, 0.6) is 0 Å². The van der Waals surface area contributed by atoms with Crippen LogP contribution in [0, 0.1) is 0 Å². The SMILES string of the molecule is O=C(c1ccncc1)N(Cc1nnc(-c2ccccc2Cl)o1)C1CC1. The minimum atomic E-state index is -0.0533. The van der Waals surface area contributed by atoms with E-state index >= 15 is 0 Å². The summed E-state index contributed by atoms with van der Waals surface area (Å²) in [7, 11) is 0. The smallest absolute Gasteiger partial charge is 0.254 e. The number of aromatic nitrogens is 3. The quantitative estimate of drug-likeness (QED) is 0.700. The summed E-state index contributed by atoms with van der Waals surface area (Å²) in [5.74, 6) is 0.694. The maximum absolute atomic E-state index is 12.7. The fraction of sp³-hybridized carbons (Fsp3) is 0.222. The van der Waals surface area contributed by atoms with Crippen LogP contribution in [0.3, 0.4) is 0 Å². The second kappa shape index (κ2) is 6.64. The molecule has 0 spiro atoms. The molecule has 1 aliphatic rings. The van der Waals surface area contributed by atoms with Gasteiger partial charge < -0.3 is 9.32 Å². The van der Waals surface area contributed by atoms with Crippen molar-refractivity contribution in [1.82, 2.24) is 20.1 Å². The monoisotopic (exact) mass is 354 g/mol. The molecule has 1 fully saturated rings. The largest absolute Gasteiger partial charge is 0.419 e. The zero-order valence-corrected chi connectivity index (χ0v) is 14.1. The highest BCUT2D eigenvalue weighted by molar-refractivity contribution is 6.33. The summed E-state index contributed by atoms with van der Waals surface area (Å²) in [6.45, 7) is 0.281. The van der Waals surface area contributed by atoms with E-state index in [4.69, 9.17) is 16.0 Å². The zero-order chi connectivity index (χ0) is 17.2. The van der Waals surface area contributed by atoms with Crippen molar-refractivity contribution in [3.8, 4) is 11.5 Å². The van der Waals surface area contributed by atoms with Gasteiger partial charge in [0, 0.05) is 24.0 Å². The van der Waals surface area contributed by atoms with Crippen molar-refractivity contribution >= 4 is 17.5 Å². The lowest BCUT2D eigenvalue weighted by Gasteiger charge is -2.20. The van der Waals surface area contributed by atoms with Gasteiger partial charge in [-0.25, -0.2) is 0 Å². The van der Waals surface area contributed by atoms with Crippen molar-refractivity contribution in [2.75, 3.05) is 0 Å². The number of hydrogen-bond donors (Lipinski definition) is 0. The summed E-state index contributed by atoms with van der Waals surface area (Å²) < 4.78 is 5.73. The van der Waals surface area contributed by atoms with Gasteiger partial charge >= 0.3 is 0 Å². The molecule has 0 bridgehead atoms. The highest BCUT2D eigenvalue weighted by Crippen LogP contribution is 2.31. The van der Waals surface area contributed by atoms with Crippen LogP contribution in [0.2, 0.25) is 5.02 Å². The summed E-state index contributed by atoms with van der Waals surface area (Å²) in [6, 6.07) is 10.9. The predicted octanol–water partition coefficient (Wildman–Crippen LogP) is 3.59. The van der Waals surface area contributed by atoms with Crippen molar-refractivity contribution < 1.29 is 9.21 Å². The third-order valence-corrected chi connectivity index (χ3v) is 4.38. The molecule has 3 aromatic rings. The average Bonchev–Trinajstić information content (AvgIpc) is 3.39. The van der Waals surface area contributed by atoms with Crippen molar-refractivity contribution in [1.29, 1.82) is 0 Å². The van der Waals surface area contributed by atoms with E-state index in [1.54, 1.807) is 35.5 Å². The fourth-order valence-corrected chi connectivity index (χ4v) is 2.84. The van der Waals surface area contributed by atoms with Crippen LogP contribution < -0.4 is 0 Å². The van der Waals surface area contributed by atoms with Crippen molar-refractivity contribution in [2.45, 2.75) is 25.4 Å². The number of carbonyl (C=O) groups excluding carboxylic acids is 1. The van der Waals surface area contributed by atoms with Crippen LogP contribution in [-0.4, -0.2) is 32.0 Å². The first-order valence-corrected chi connectivity index (χ1v) is 8.38. The lowest BCUT2D eigenvalue weighted by Crippen LogP contribution is -2.32. The molecular formula is C18H15ClN4O2. The molecule has 2 heterocycles. The summed E-state index contributed by atoms with van der Waals surface area (Å²) >= 11 is 6.17. The molecule has 1 saturated carbocycles. The average molecular weight is 355 g/mol. The summed E-state index contributed by atoms with van der Waals surface area (Å²) in [5.41, 5.74) is 1.29. The highest BCUT2D eigenvalue weighted by Gasteiger charge is 2.34. The van der Waals surface area contributed by atoms with E-state index in [9.17, 15) is 4.79 Å². The molecule has 1 aromatic carbocycles. The molecule has 0 N–H and O–H groups in total. The minimum Gasteiger partial charge on any atom is -0.419 e. The van der Waals surface area contributed by atoms with E-state index in [-0.39, 0.29) is 18.5 Å². The number of benzene rings is 1. The zero-order valence-electron chi connectivity index (χ0n) is 13.3. The number of nitrogens with zero attached hydrogens (tertiary/aromatic N) is 4. The summed E-state index contributed by atoms with van der Waals surface area (Å²) in [4.78, 5) is 18.5. The van der Waals surface area contributed by atoms with Gasteiger partial charge in [0.15, 0.2) is 0 Å². The Kier molecular flexibility index (Phi) is 4.19. The van der Waals surface area contributed by atoms with Gasteiger partial charge in [0.25, 0.3) is 5.91 Å². The van der Waals surface area contributed by atoms with Crippen LogP contribution in [0.4, 0.5) is 0 Å². The molecule has 4 rings (SSSR count). The first-order valence-electron chi connectivity index (χ1n) is 8.00. The van der Waals surface area contributed by atoms with Gasteiger partial charge in [0.2, 0.25) is 11.8 Å². The Morgan fingerprint density at radius 2 is 1.92 bits per heavy atom. The molecule has 0 aliphatic heterocycles. The third kappa shape index (κ3) is 3.39. The van der Waals surface area contributed by atoms with Crippen LogP contribution in [0.15, 0.2) is 53.2 Å². The standard InChI is InChI=1S/C18H15ClN4O2/c19-15-4-2-1-3-14(15)17-22-21-16(25-17)11-23(13-5-6-13)18(24)12-7-9-20-10-8-12/h1-4,7-10,13H,5-6,11H2. The normalized spacial score (nSPS) is 13.6. The number of amides is 1. The Balaban J connectivity index is 1.56. The van der Waals surface area contributed by atoms with Gasteiger partial charge in [-0.15, -0.1) is 10.2 Å². The van der Waals surface area contributed by atoms with E-state index < -0.39 is 0 Å². The lowest BCUT2D eigenvalue weighted by molar-refractivity contribution is 0.0714. The van der Waals surface area contributed by atoms with Crippen LogP contribution in [-0.2, 0) is 6.54 Å². The van der Waals surface area contributed by atoms with E-state index in [1.165, 1.54) is 0 Å². The third-order valence-electron chi connectivity index (χ3n) is 4.05. The van der Waals surface area contributed by atoms with Gasteiger partial charge in [0.05, 0.1) is 17.1 Å². The Bertz CT molecular complexity index is 893. The van der Waals surface area contributed by atoms with Crippen molar-refractivity contribution in [3.63, 3.8) is 0 Å². The van der Waals surface area contributed by atoms with Crippen LogP contribution in [0.1, 0.15) is 29.1 Å². The molecule has 0 saturated heterocycles. The van der Waals surface area contributed by atoms with Gasteiger partial charge in [-0.2, -0.15) is 0 Å². The Morgan fingerprint density at radius 1 is 1.16 bits per heavy atom. The molecule has 1 aliphatic carbocycles. The van der Waals surface area contributed by atoms with Gasteiger partial charge in [-0.1, -0.05) is 23.7 Å². The molecule has 7 heteroatoms. The number of rotatable bonds is 5. The van der Waals surface area contributed by atoms with Crippen LogP contribution in [0.25, 0.3) is 11.5 Å². The first kappa shape index (κ1) is 15.8. The molecular weight excluding hydrogens is 340 g/mol. The Hall–Kier alpha value is -2.73. The van der Waals surface area contributed by atoms with E-state index in [2.05, 4.69) is 15.2 Å². The number of hydrogen-bond acceptors (Lipinski definition) is 5. The van der Waals surface area contributed by atoms with Crippen LogP contribution >= 0.6 is 11.6 Å². The molecule has 2 aromatic heterocycles. The fourth-order valence-electron chi connectivity index (χ4n) is 2.62. The lowest BCUT2D eigenvalue weighted by atomic mass is 10.2. The molecule has 25 heavy (non-hydrogen) atoms. The number of halogens is 1. The second-order valence-electron chi connectivity index (χ2n) is 5.88. The summed E-state index contributed by atoms with van der Waals surface area (Å²) in [5, 5.41) is 8.69. The van der Waals surface area contributed by atoms with E-state index in [1.807, 2.05) is 18.2 Å². The van der Waals surface area contributed by atoms with Crippen molar-refractivity contribution in [2.24, 2.45) is 0 Å². The van der Waals surface area contributed by atoms with Gasteiger partial charge in [0.1, 0.15) is 0 Å². The Morgan fingerprint density at radius 3 is 2.64 bits per heavy atom. The molecule has 0 radical (unpaired) electrons. The second-order valence-corrected chi connectivity index (χ2v) is 6.29. The highest BCUT2D eigenvalue weighted by atomic mass is 35.5. The maximum Gasteiger partial charge on any atom is 0.254 e. The molecule has 6 nitrogen and oxygen atoms in total. The van der Waals surface area contributed by atoms with Gasteiger partial charge in [-0.3, -0.25) is 9.78 Å². The van der Waals surface area contributed by atoms with Crippen molar-refractivity contribution in [3.05, 3.63) is 65.3 Å². The minimum absolute atomic E-state index is 0.0533. The topological polar surface area (TPSA) is 72.1 Å². The molecule has 1 amide bonds. The number of carbonyl (C=O) groups is 1. The maximum atomic E-state index is 12.7. The summed E-state index contributed by atoms with van der Waals surface area (Å²) in [6.07, 6.45) is 5.20. The molecule has 126 valence electrons.